The molecule has 0 aromatic heterocycles. The highest BCUT2D eigenvalue weighted by atomic mass is 32.2. The summed E-state index contributed by atoms with van der Waals surface area (Å²) in [5.41, 5.74) is 1.03. The summed E-state index contributed by atoms with van der Waals surface area (Å²) in [7, 11) is 0. The number of carboxylic acid groups (broad SMARTS) is 1. The van der Waals surface area contributed by atoms with Gasteiger partial charge in [-0.1, -0.05) is 30.3 Å². The smallest absolute Gasteiger partial charge is 0.321 e. The van der Waals surface area contributed by atoms with Crippen LogP contribution in [0.2, 0.25) is 0 Å². The summed E-state index contributed by atoms with van der Waals surface area (Å²) < 4.78 is 0. The Labute approximate surface area is 107 Å². The Hall–Kier alpha value is -1.00. The minimum Gasteiger partial charge on any atom is -0.480 e. The van der Waals surface area contributed by atoms with Gasteiger partial charge in [-0.25, -0.2) is 0 Å². The second-order valence-electron chi connectivity index (χ2n) is 4.44. The molecular formula is C13H19NO2S. The zero-order valence-corrected chi connectivity index (χ0v) is 11.3. The largest absolute Gasteiger partial charge is 0.480 e. The van der Waals surface area contributed by atoms with Crippen LogP contribution in [0.25, 0.3) is 0 Å². The molecule has 1 aromatic rings. The fourth-order valence-corrected chi connectivity index (χ4v) is 1.79. The van der Waals surface area contributed by atoms with E-state index in [0.717, 1.165) is 5.56 Å². The van der Waals surface area contributed by atoms with Crippen LogP contribution in [0, 0.1) is 0 Å². The molecule has 1 atom stereocenters. The van der Waals surface area contributed by atoms with Gasteiger partial charge in [0.15, 0.2) is 0 Å². The quantitative estimate of drug-likeness (QED) is 0.764. The first-order chi connectivity index (χ1) is 7.94. The van der Waals surface area contributed by atoms with E-state index in [9.17, 15) is 9.90 Å². The van der Waals surface area contributed by atoms with Crippen LogP contribution < -0.4 is 5.32 Å². The number of thioether (sulfide) groups is 1. The number of aliphatic carboxylic acids is 1. The lowest BCUT2D eigenvalue weighted by Gasteiger charge is -2.28. The van der Waals surface area contributed by atoms with Crippen LogP contribution in [0.1, 0.15) is 19.4 Å². The summed E-state index contributed by atoms with van der Waals surface area (Å²) in [6, 6.07) is 9.12. The lowest BCUT2D eigenvalue weighted by Crippen LogP contribution is -2.48. The van der Waals surface area contributed by atoms with Gasteiger partial charge < -0.3 is 5.11 Å². The van der Waals surface area contributed by atoms with E-state index >= 15 is 0 Å². The van der Waals surface area contributed by atoms with E-state index in [0.29, 0.717) is 6.42 Å². The van der Waals surface area contributed by atoms with E-state index in [1.165, 1.54) is 0 Å². The maximum atomic E-state index is 11.2. The number of carboxylic acids is 1. The van der Waals surface area contributed by atoms with Crippen molar-refractivity contribution in [1.82, 2.24) is 5.32 Å². The number of benzene rings is 1. The van der Waals surface area contributed by atoms with Crippen LogP contribution in [0.3, 0.4) is 0 Å². The molecule has 3 nitrogen and oxygen atoms in total. The fraction of sp³-hybridized carbons (Fsp3) is 0.462. The molecule has 17 heavy (non-hydrogen) atoms. The predicted octanol–water partition coefficient (Wildman–Crippen LogP) is 2.37. The van der Waals surface area contributed by atoms with E-state index in [4.69, 9.17) is 0 Å². The molecule has 0 amide bonds. The molecule has 0 bridgehead atoms. The van der Waals surface area contributed by atoms with Gasteiger partial charge in [0, 0.05) is 0 Å². The molecule has 0 heterocycles. The average molecular weight is 253 g/mol. The molecule has 4 heteroatoms. The normalized spacial score (nSPS) is 13.4. The van der Waals surface area contributed by atoms with Gasteiger partial charge in [0.2, 0.25) is 0 Å². The molecular weight excluding hydrogens is 234 g/mol. The van der Waals surface area contributed by atoms with Gasteiger partial charge in [0.05, 0.1) is 4.87 Å². The molecule has 1 aromatic carbocycles. The van der Waals surface area contributed by atoms with E-state index in [2.05, 4.69) is 5.32 Å². The molecule has 2 N–H and O–H groups in total. The van der Waals surface area contributed by atoms with Gasteiger partial charge in [-0.3, -0.25) is 10.1 Å². The van der Waals surface area contributed by atoms with Gasteiger partial charge >= 0.3 is 5.97 Å². The predicted molar refractivity (Wildman–Crippen MR) is 72.3 cm³/mol. The summed E-state index contributed by atoms with van der Waals surface area (Å²) in [6.07, 6.45) is 2.47. The van der Waals surface area contributed by atoms with Crippen molar-refractivity contribution in [2.24, 2.45) is 0 Å². The summed E-state index contributed by atoms with van der Waals surface area (Å²) in [5.74, 6) is -0.809. The Bertz CT molecular complexity index is 365. The number of nitrogens with one attached hydrogen (secondary N) is 1. The third kappa shape index (κ3) is 4.79. The average Bonchev–Trinajstić information content (AvgIpc) is 2.29. The standard InChI is InChI=1S/C13H19NO2S/c1-13(2,17-3)14-11(12(15)16)9-10-7-5-4-6-8-10/h4-8,11,14H,9H2,1-3H3,(H,15,16)/t11-/m0/s1. The summed E-state index contributed by atoms with van der Waals surface area (Å²) in [6.45, 7) is 3.97. The first kappa shape index (κ1) is 14.1. The van der Waals surface area contributed by atoms with Crippen LogP contribution in [-0.2, 0) is 11.2 Å². The molecule has 0 aliphatic carbocycles. The van der Waals surface area contributed by atoms with Crippen molar-refractivity contribution < 1.29 is 9.90 Å². The Morgan fingerprint density at radius 1 is 1.41 bits per heavy atom. The van der Waals surface area contributed by atoms with E-state index in [-0.39, 0.29) is 4.87 Å². The number of hydrogen-bond donors (Lipinski definition) is 2. The van der Waals surface area contributed by atoms with Gasteiger partial charge in [0.25, 0.3) is 0 Å². The number of hydrogen-bond acceptors (Lipinski definition) is 3. The molecule has 0 unspecified atom stereocenters. The second-order valence-corrected chi connectivity index (χ2v) is 5.87. The number of carbonyl (C=O) groups is 1. The highest BCUT2D eigenvalue weighted by molar-refractivity contribution is 7.99. The van der Waals surface area contributed by atoms with Crippen LogP contribution in [-0.4, -0.2) is 28.2 Å². The maximum absolute atomic E-state index is 11.2. The lowest BCUT2D eigenvalue weighted by molar-refractivity contribution is -0.139. The van der Waals surface area contributed by atoms with Gasteiger partial charge in [-0.05, 0) is 32.1 Å². The molecule has 0 saturated carbocycles. The molecule has 1 rings (SSSR count). The zero-order valence-electron chi connectivity index (χ0n) is 10.4. The van der Waals surface area contributed by atoms with Gasteiger partial charge in [0.1, 0.15) is 6.04 Å². The van der Waals surface area contributed by atoms with Crippen LogP contribution in [0.5, 0.6) is 0 Å². The molecule has 0 aliphatic rings. The molecule has 0 spiro atoms. The maximum Gasteiger partial charge on any atom is 0.321 e. The number of rotatable bonds is 6. The SMILES string of the molecule is CSC(C)(C)N[C@@H](Cc1ccccc1)C(=O)O. The third-order valence-corrected chi connectivity index (χ3v) is 3.75. The van der Waals surface area contributed by atoms with E-state index in [1.807, 2.05) is 50.4 Å². The van der Waals surface area contributed by atoms with Crippen molar-refractivity contribution in [3.05, 3.63) is 35.9 Å². The summed E-state index contributed by atoms with van der Waals surface area (Å²) >= 11 is 1.61. The van der Waals surface area contributed by atoms with Crippen molar-refractivity contribution in [2.45, 2.75) is 31.2 Å². The Balaban J connectivity index is 2.71. The minimum atomic E-state index is -0.809. The molecule has 0 fully saturated rings. The van der Waals surface area contributed by atoms with E-state index in [1.54, 1.807) is 11.8 Å². The highest BCUT2D eigenvalue weighted by Crippen LogP contribution is 2.19. The summed E-state index contributed by atoms with van der Waals surface area (Å²) in [4.78, 5) is 11.0. The van der Waals surface area contributed by atoms with Crippen molar-refractivity contribution >= 4 is 17.7 Å². The molecule has 0 saturated heterocycles. The summed E-state index contributed by atoms with van der Waals surface area (Å²) in [5, 5.41) is 12.4. The first-order valence-electron chi connectivity index (χ1n) is 5.54. The van der Waals surface area contributed by atoms with Crippen LogP contribution in [0.15, 0.2) is 30.3 Å². The zero-order chi connectivity index (χ0) is 12.9. The fourth-order valence-electron chi connectivity index (χ4n) is 1.53. The molecule has 0 aliphatic heterocycles. The van der Waals surface area contributed by atoms with Gasteiger partial charge in [-0.15, -0.1) is 11.8 Å². The monoisotopic (exact) mass is 253 g/mol. The topological polar surface area (TPSA) is 49.3 Å². The Morgan fingerprint density at radius 2 is 2.00 bits per heavy atom. The second kappa shape index (κ2) is 6.07. The Kier molecular flexibility index (Phi) is 5.02. The van der Waals surface area contributed by atoms with Crippen molar-refractivity contribution in [3.63, 3.8) is 0 Å². The van der Waals surface area contributed by atoms with Crippen molar-refractivity contribution in [2.75, 3.05) is 6.26 Å². The molecule has 0 radical (unpaired) electrons. The van der Waals surface area contributed by atoms with Crippen LogP contribution >= 0.6 is 11.8 Å². The highest BCUT2D eigenvalue weighted by Gasteiger charge is 2.25. The molecule has 94 valence electrons. The third-order valence-electron chi connectivity index (χ3n) is 2.61. The van der Waals surface area contributed by atoms with E-state index < -0.39 is 12.0 Å². The first-order valence-corrected chi connectivity index (χ1v) is 6.76. The lowest BCUT2D eigenvalue weighted by atomic mass is 10.1. The van der Waals surface area contributed by atoms with Crippen molar-refractivity contribution in [1.29, 1.82) is 0 Å². The van der Waals surface area contributed by atoms with Crippen molar-refractivity contribution in [3.8, 4) is 0 Å². The minimum absolute atomic E-state index is 0.238. The van der Waals surface area contributed by atoms with Crippen LogP contribution in [0.4, 0.5) is 0 Å². The Morgan fingerprint density at radius 3 is 2.47 bits per heavy atom. The van der Waals surface area contributed by atoms with Gasteiger partial charge in [-0.2, -0.15) is 0 Å².